The average molecular weight is 310 g/mol. The second-order valence-corrected chi connectivity index (χ2v) is 7.93. The minimum Gasteiger partial charge on any atom is -0.326 e. The Labute approximate surface area is 128 Å². The Bertz CT molecular complexity index is 584. The van der Waals surface area contributed by atoms with Gasteiger partial charge in [-0.25, -0.2) is 13.1 Å². The van der Waals surface area contributed by atoms with E-state index in [-0.39, 0.29) is 0 Å². The molecule has 2 atom stereocenters. The lowest BCUT2D eigenvalue weighted by Gasteiger charge is -2.28. The Morgan fingerprint density at radius 2 is 2.00 bits per heavy atom. The van der Waals surface area contributed by atoms with Crippen LogP contribution in [0.4, 0.5) is 0 Å². The van der Waals surface area contributed by atoms with Gasteiger partial charge < -0.3 is 5.73 Å². The Balaban J connectivity index is 2.07. The van der Waals surface area contributed by atoms with Crippen LogP contribution in [0.5, 0.6) is 0 Å². The summed E-state index contributed by atoms with van der Waals surface area (Å²) in [5.74, 6) is 1.05. The SMILES string of the molecule is Cc1ccc(S(=O)(=O)NCC2CCCCC2C)cc1CN. The molecule has 1 aromatic carbocycles. The third kappa shape index (κ3) is 4.05. The van der Waals surface area contributed by atoms with Gasteiger partial charge in [0.05, 0.1) is 4.90 Å². The van der Waals surface area contributed by atoms with Gasteiger partial charge in [-0.2, -0.15) is 0 Å². The van der Waals surface area contributed by atoms with Crippen LogP contribution in [0.3, 0.4) is 0 Å². The summed E-state index contributed by atoms with van der Waals surface area (Å²) in [6.07, 6.45) is 4.79. The highest BCUT2D eigenvalue weighted by Gasteiger charge is 2.23. The standard InChI is InChI=1S/C16H26N2O2S/c1-12-5-3-4-6-14(12)11-18-21(19,20)16-8-7-13(2)15(9-16)10-17/h7-9,12,14,18H,3-6,10-11,17H2,1-2H3. The maximum Gasteiger partial charge on any atom is 0.240 e. The van der Waals surface area contributed by atoms with Crippen LogP contribution in [0.2, 0.25) is 0 Å². The molecule has 1 fully saturated rings. The Hall–Kier alpha value is -0.910. The van der Waals surface area contributed by atoms with E-state index in [1.807, 2.05) is 13.0 Å². The number of sulfonamides is 1. The molecule has 5 heteroatoms. The molecule has 3 N–H and O–H groups in total. The number of aryl methyl sites for hydroxylation is 1. The van der Waals surface area contributed by atoms with Crippen molar-refractivity contribution in [2.75, 3.05) is 6.54 Å². The van der Waals surface area contributed by atoms with E-state index in [9.17, 15) is 8.42 Å². The molecule has 2 rings (SSSR count). The molecule has 2 unspecified atom stereocenters. The molecule has 1 aliphatic carbocycles. The molecule has 0 radical (unpaired) electrons. The van der Waals surface area contributed by atoms with Crippen LogP contribution in [-0.4, -0.2) is 15.0 Å². The van der Waals surface area contributed by atoms with E-state index < -0.39 is 10.0 Å². The molecule has 0 bridgehead atoms. The predicted octanol–water partition coefficient (Wildman–Crippen LogP) is 2.56. The van der Waals surface area contributed by atoms with Gasteiger partial charge in [0.25, 0.3) is 0 Å². The average Bonchev–Trinajstić information content (AvgIpc) is 2.46. The Kier molecular flexibility index (Phi) is 5.41. The summed E-state index contributed by atoms with van der Waals surface area (Å²) in [4.78, 5) is 0.317. The number of benzene rings is 1. The summed E-state index contributed by atoms with van der Waals surface area (Å²) in [7, 11) is -3.44. The van der Waals surface area contributed by atoms with E-state index in [1.165, 1.54) is 19.3 Å². The van der Waals surface area contributed by atoms with Crippen molar-refractivity contribution in [1.82, 2.24) is 4.72 Å². The fourth-order valence-corrected chi connectivity index (χ4v) is 4.18. The van der Waals surface area contributed by atoms with Crippen molar-refractivity contribution in [3.05, 3.63) is 29.3 Å². The first-order valence-corrected chi connectivity index (χ1v) is 9.21. The third-order valence-corrected chi connectivity index (χ3v) is 6.10. The van der Waals surface area contributed by atoms with Gasteiger partial charge in [-0.15, -0.1) is 0 Å². The van der Waals surface area contributed by atoms with E-state index in [4.69, 9.17) is 5.73 Å². The topological polar surface area (TPSA) is 72.2 Å². The molecule has 1 aliphatic rings. The van der Waals surface area contributed by atoms with Crippen molar-refractivity contribution in [2.24, 2.45) is 17.6 Å². The lowest BCUT2D eigenvalue weighted by atomic mass is 9.81. The van der Waals surface area contributed by atoms with Crippen LogP contribution < -0.4 is 10.5 Å². The van der Waals surface area contributed by atoms with Crippen molar-refractivity contribution >= 4 is 10.0 Å². The summed E-state index contributed by atoms with van der Waals surface area (Å²) in [6.45, 7) is 5.05. The van der Waals surface area contributed by atoms with Gasteiger partial charge in [0.2, 0.25) is 10.0 Å². The fraction of sp³-hybridized carbons (Fsp3) is 0.625. The van der Waals surface area contributed by atoms with E-state index in [0.29, 0.717) is 29.8 Å². The molecule has 1 saturated carbocycles. The van der Waals surface area contributed by atoms with Gasteiger partial charge in [-0.05, 0) is 48.4 Å². The summed E-state index contributed by atoms with van der Waals surface area (Å²) >= 11 is 0. The molecule has 21 heavy (non-hydrogen) atoms. The van der Waals surface area contributed by atoms with Crippen LogP contribution in [0.25, 0.3) is 0 Å². The lowest BCUT2D eigenvalue weighted by molar-refractivity contribution is 0.257. The highest BCUT2D eigenvalue weighted by Crippen LogP contribution is 2.29. The van der Waals surface area contributed by atoms with E-state index in [0.717, 1.165) is 17.5 Å². The number of hydrogen-bond acceptors (Lipinski definition) is 3. The third-order valence-electron chi connectivity index (χ3n) is 4.68. The van der Waals surface area contributed by atoms with Gasteiger partial charge in [0, 0.05) is 13.1 Å². The number of nitrogens with one attached hydrogen (secondary N) is 1. The predicted molar refractivity (Wildman–Crippen MR) is 85.4 cm³/mol. The monoisotopic (exact) mass is 310 g/mol. The van der Waals surface area contributed by atoms with Gasteiger partial charge >= 0.3 is 0 Å². The Morgan fingerprint density at radius 3 is 2.67 bits per heavy atom. The zero-order valence-corrected chi connectivity index (χ0v) is 13.7. The van der Waals surface area contributed by atoms with Crippen molar-refractivity contribution in [1.29, 1.82) is 0 Å². The van der Waals surface area contributed by atoms with Gasteiger partial charge in [-0.1, -0.05) is 32.3 Å². The first-order chi connectivity index (χ1) is 9.94. The molecule has 0 aromatic heterocycles. The van der Waals surface area contributed by atoms with Crippen molar-refractivity contribution in [2.45, 2.75) is 51.0 Å². The van der Waals surface area contributed by atoms with Crippen LogP contribution in [0.1, 0.15) is 43.7 Å². The van der Waals surface area contributed by atoms with Crippen LogP contribution in [-0.2, 0) is 16.6 Å². The summed E-state index contributed by atoms with van der Waals surface area (Å²) in [5.41, 5.74) is 7.56. The van der Waals surface area contributed by atoms with Crippen LogP contribution >= 0.6 is 0 Å². The largest absolute Gasteiger partial charge is 0.326 e. The molecule has 1 aromatic rings. The second kappa shape index (κ2) is 6.90. The molecule has 0 spiro atoms. The van der Waals surface area contributed by atoms with E-state index in [1.54, 1.807) is 12.1 Å². The quantitative estimate of drug-likeness (QED) is 0.878. The van der Waals surface area contributed by atoms with Crippen LogP contribution in [0, 0.1) is 18.8 Å². The maximum absolute atomic E-state index is 12.4. The molecule has 118 valence electrons. The first-order valence-electron chi connectivity index (χ1n) is 7.73. The molecule has 0 aliphatic heterocycles. The van der Waals surface area contributed by atoms with Crippen molar-refractivity contribution in [3.8, 4) is 0 Å². The summed E-state index contributed by atoms with van der Waals surface area (Å²) in [5, 5.41) is 0. The zero-order chi connectivity index (χ0) is 15.5. The highest BCUT2D eigenvalue weighted by atomic mass is 32.2. The fourth-order valence-electron chi connectivity index (χ4n) is 3.03. The minimum absolute atomic E-state index is 0.317. The first kappa shape index (κ1) is 16.5. The van der Waals surface area contributed by atoms with Gasteiger partial charge in [0.1, 0.15) is 0 Å². The lowest BCUT2D eigenvalue weighted by Crippen LogP contribution is -2.33. The number of rotatable bonds is 5. The molecule has 4 nitrogen and oxygen atoms in total. The highest BCUT2D eigenvalue weighted by molar-refractivity contribution is 7.89. The minimum atomic E-state index is -3.44. The number of nitrogens with two attached hydrogens (primary N) is 1. The molecule has 0 heterocycles. The smallest absolute Gasteiger partial charge is 0.240 e. The van der Waals surface area contributed by atoms with Gasteiger partial charge in [0.15, 0.2) is 0 Å². The van der Waals surface area contributed by atoms with Crippen molar-refractivity contribution < 1.29 is 8.42 Å². The summed E-state index contributed by atoms with van der Waals surface area (Å²) < 4.78 is 27.6. The molecule has 0 saturated heterocycles. The van der Waals surface area contributed by atoms with E-state index in [2.05, 4.69) is 11.6 Å². The molecular formula is C16H26N2O2S. The maximum atomic E-state index is 12.4. The zero-order valence-electron chi connectivity index (χ0n) is 12.9. The molecule has 0 amide bonds. The van der Waals surface area contributed by atoms with Gasteiger partial charge in [-0.3, -0.25) is 0 Å². The number of hydrogen-bond donors (Lipinski definition) is 2. The second-order valence-electron chi connectivity index (χ2n) is 6.17. The van der Waals surface area contributed by atoms with Crippen molar-refractivity contribution in [3.63, 3.8) is 0 Å². The summed E-state index contributed by atoms with van der Waals surface area (Å²) in [6, 6.07) is 5.16. The Morgan fingerprint density at radius 1 is 1.29 bits per heavy atom. The van der Waals surface area contributed by atoms with Crippen LogP contribution in [0.15, 0.2) is 23.1 Å². The normalized spacial score (nSPS) is 23.2. The van der Waals surface area contributed by atoms with E-state index >= 15 is 0 Å². The molecular weight excluding hydrogens is 284 g/mol.